The highest BCUT2D eigenvalue weighted by Gasteiger charge is 2.36. The summed E-state index contributed by atoms with van der Waals surface area (Å²) in [7, 11) is 4.95. The SMILES string of the molecule is CCN(CC(=O)N1N=C(c2cccc(OC)c2)CC1c1cc(OC)ccc1OC)C1CCCCC1. The molecule has 2 aromatic carbocycles. The van der Waals surface area contributed by atoms with E-state index in [1.807, 2.05) is 42.5 Å². The molecule has 1 atom stereocenters. The van der Waals surface area contributed by atoms with Crippen LogP contribution in [0.3, 0.4) is 0 Å². The van der Waals surface area contributed by atoms with Crippen molar-refractivity contribution in [3.05, 3.63) is 53.6 Å². The molecule has 188 valence electrons. The maximum absolute atomic E-state index is 13.8. The van der Waals surface area contributed by atoms with Gasteiger partial charge in [0.15, 0.2) is 0 Å². The van der Waals surface area contributed by atoms with Gasteiger partial charge in [0.25, 0.3) is 5.91 Å². The summed E-state index contributed by atoms with van der Waals surface area (Å²) in [6.45, 7) is 3.35. The first kappa shape index (κ1) is 25.0. The Bertz CT molecular complexity index is 1050. The number of hydrogen-bond donors (Lipinski definition) is 0. The summed E-state index contributed by atoms with van der Waals surface area (Å²) in [6.07, 6.45) is 6.67. The largest absolute Gasteiger partial charge is 0.497 e. The van der Waals surface area contributed by atoms with Gasteiger partial charge >= 0.3 is 0 Å². The first-order valence-electron chi connectivity index (χ1n) is 12.6. The van der Waals surface area contributed by atoms with Gasteiger partial charge in [0.05, 0.1) is 39.6 Å². The Balaban J connectivity index is 1.67. The monoisotopic (exact) mass is 479 g/mol. The van der Waals surface area contributed by atoms with Gasteiger partial charge in [0, 0.05) is 23.6 Å². The summed E-state index contributed by atoms with van der Waals surface area (Å²) >= 11 is 0. The van der Waals surface area contributed by atoms with Gasteiger partial charge in [-0.1, -0.05) is 38.3 Å². The molecule has 0 saturated heterocycles. The van der Waals surface area contributed by atoms with Gasteiger partial charge in [-0.3, -0.25) is 9.69 Å². The summed E-state index contributed by atoms with van der Waals surface area (Å²) in [5.74, 6) is 2.21. The van der Waals surface area contributed by atoms with Gasteiger partial charge in [-0.05, 0) is 49.7 Å². The van der Waals surface area contributed by atoms with E-state index in [1.165, 1.54) is 19.3 Å². The average molecular weight is 480 g/mol. The molecule has 0 spiro atoms. The third-order valence-electron chi connectivity index (χ3n) is 7.20. The predicted molar refractivity (Wildman–Crippen MR) is 137 cm³/mol. The summed E-state index contributed by atoms with van der Waals surface area (Å²) in [5.41, 5.74) is 2.70. The zero-order valence-electron chi connectivity index (χ0n) is 21.3. The second-order valence-electron chi connectivity index (χ2n) is 9.20. The second kappa shape index (κ2) is 11.6. The van der Waals surface area contributed by atoms with Crippen LogP contribution in [-0.4, -0.2) is 62.0 Å². The van der Waals surface area contributed by atoms with Gasteiger partial charge in [0.2, 0.25) is 0 Å². The van der Waals surface area contributed by atoms with E-state index in [4.69, 9.17) is 19.3 Å². The Morgan fingerprint density at radius 3 is 2.43 bits per heavy atom. The molecule has 1 unspecified atom stereocenters. The fourth-order valence-electron chi connectivity index (χ4n) is 5.25. The minimum Gasteiger partial charge on any atom is -0.497 e. The lowest BCUT2D eigenvalue weighted by molar-refractivity contribution is -0.135. The lowest BCUT2D eigenvalue weighted by Crippen LogP contribution is -2.44. The molecule has 7 heteroatoms. The van der Waals surface area contributed by atoms with Crippen LogP contribution in [0.5, 0.6) is 17.2 Å². The number of carbonyl (C=O) groups excluding carboxylic acids is 1. The molecule has 0 bridgehead atoms. The van der Waals surface area contributed by atoms with Crippen molar-refractivity contribution in [1.29, 1.82) is 0 Å². The molecular formula is C28H37N3O4. The third-order valence-corrected chi connectivity index (χ3v) is 7.20. The molecule has 1 amide bonds. The summed E-state index contributed by atoms with van der Waals surface area (Å²) in [6, 6.07) is 13.7. The molecule has 2 aromatic rings. The van der Waals surface area contributed by atoms with Crippen molar-refractivity contribution >= 4 is 11.6 Å². The average Bonchev–Trinajstić information content (AvgIpc) is 3.37. The van der Waals surface area contributed by atoms with Crippen LogP contribution in [-0.2, 0) is 4.79 Å². The van der Waals surface area contributed by atoms with Crippen LogP contribution in [0.2, 0.25) is 0 Å². The minimum absolute atomic E-state index is 0.00481. The van der Waals surface area contributed by atoms with Crippen LogP contribution in [0.15, 0.2) is 47.6 Å². The molecule has 4 rings (SSSR count). The molecule has 1 aliphatic heterocycles. The maximum Gasteiger partial charge on any atom is 0.257 e. The van der Waals surface area contributed by atoms with Crippen LogP contribution in [0.4, 0.5) is 0 Å². The van der Waals surface area contributed by atoms with E-state index in [9.17, 15) is 4.79 Å². The lowest BCUT2D eigenvalue weighted by atomic mass is 9.94. The van der Waals surface area contributed by atoms with Crippen molar-refractivity contribution in [2.45, 2.75) is 57.5 Å². The topological polar surface area (TPSA) is 63.6 Å². The number of ether oxygens (including phenoxy) is 3. The normalized spacial score (nSPS) is 18.5. The lowest BCUT2D eigenvalue weighted by Gasteiger charge is -2.34. The smallest absolute Gasteiger partial charge is 0.257 e. The molecular weight excluding hydrogens is 442 g/mol. The van der Waals surface area contributed by atoms with Crippen molar-refractivity contribution in [2.24, 2.45) is 5.10 Å². The van der Waals surface area contributed by atoms with E-state index in [0.29, 0.717) is 19.0 Å². The number of amides is 1. The summed E-state index contributed by atoms with van der Waals surface area (Å²) < 4.78 is 16.6. The number of benzene rings is 2. The van der Waals surface area contributed by atoms with E-state index in [0.717, 1.165) is 53.5 Å². The van der Waals surface area contributed by atoms with Crippen molar-refractivity contribution in [3.63, 3.8) is 0 Å². The predicted octanol–water partition coefficient (Wildman–Crippen LogP) is 5.04. The number of hydrazone groups is 1. The molecule has 0 N–H and O–H groups in total. The molecule has 1 saturated carbocycles. The molecule has 1 aliphatic carbocycles. The number of rotatable bonds is 9. The van der Waals surface area contributed by atoms with Crippen molar-refractivity contribution in [3.8, 4) is 17.2 Å². The van der Waals surface area contributed by atoms with Gasteiger partial charge in [-0.2, -0.15) is 5.10 Å². The molecule has 0 aromatic heterocycles. The van der Waals surface area contributed by atoms with Crippen LogP contribution in [0.1, 0.15) is 62.6 Å². The Kier molecular flexibility index (Phi) is 8.29. The zero-order valence-corrected chi connectivity index (χ0v) is 21.3. The summed E-state index contributed by atoms with van der Waals surface area (Å²) in [5, 5.41) is 6.54. The molecule has 7 nitrogen and oxygen atoms in total. The van der Waals surface area contributed by atoms with Gasteiger partial charge < -0.3 is 14.2 Å². The van der Waals surface area contributed by atoms with Crippen molar-refractivity contribution in [2.75, 3.05) is 34.4 Å². The third kappa shape index (κ3) is 5.61. The van der Waals surface area contributed by atoms with E-state index < -0.39 is 0 Å². The maximum atomic E-state index is 13.8. The number of carbonyl (C=O) groups is 1. The molecule has 0 radical (unpaired) electrons. The Morgan fingerprint density at radius 2 is 1.74 bits per heavy atom. The first-order chi connectivity index (χ1) is 17.1. The Labute approximate surface area is 208 Å². The number of likely N-dealkylation sites (N-methyl/N-ethyl adjacent to an activating group) is 1. The number of hydrogen-bond acceptors (Lipinski definition) is 6. The highest BCUT2D eigenvalue weighted by atomic mass is 16.5. The standard InChI is InChI=1S/C28H37N3O4/c1-5-30(21-11-7-6-8-12-21)19-28(32)31-26(24-17-23(34-3)14-15-27(24)35-4)18-25(29-31)20-10-9-13-22(16-20)33-2/h9-10,13-17,21,26H,5-8,11-12,18-19H2,1-4H3. The fraction of sp³-hybridized carbons (Fsp3) is 0.500. The highest BCUT2D eigenvalue weighted by Crippen LogP contribution is 2.39. The quantitative estimate of drug-likeness (QED) is 0.504. The molecule has 2 aliphatic rings. The Morgan fingerprint density at radius 1 is 1.00 bits per heavy atom. The van der Waals surface area contributed by atoms with E-state index >= 15 is 0 Å². The zero-order chi connectivity index (χ0) is 24.8. The van der Waals surface area contributed by atoms with Gasteiger partial charge in [-0.25, -0.2) is 5.01 Å². The first-order valence-corrected chi connectivity index (χ1v) is 12.6. The fourth-order valence-corrected chi connectivity index (χ4v) is 5.25. The van der Waals surface area contributed by atoms with Crippen molar-refractivity contribution < 1.29 is 19.0 Å². The van der Waals surface area contributed by atoms with E-state index in [2.05, 4.69) is 11.8 Å². The van der Waals surface area contributed by atoms with Crippen LogP contribution in [0, 0.1) is 0 Å². The van der Waals surface area contributed by atoms with Crippen LogP contribution >= 0.6 is 0 Å². The molecule has 35 heavy (non-hydrogen) atoms. The van der Waals surface area contributed by atoms with Crippen LogP contribution in [0.25, 0.3) is 0 Å². The van der Waals surface area contributed by atoms with E-state index in [1.54, 1.807) is 26.3 Å². The number of methoxy groups -OCH3 is 3. The molecule has 1 heterocycles. The van der Waals surface area contributed by atoms with Gasteiger partial charge in [0.1, 0.15) is 17.2 Å². The highest BCUT2D eigenvalue weighted by molar-refractivity contribution is 6.03. The second-order valence-corrected chi connectivity index (χ2v) is 9.20. The Hall–Kier alpha value is -3.06. The van der Waals surface area contributed by atoms with Gasteiger partial charge in [-0.15, -0.1) is 0 Å². The van der Waals surface area contributed by atoms with Crippen molar-refractivity contribution in [1.82, 2.24) is 9.91 Å². The van der Waals surface area contributed by atoms with Crippen LogP contribution < -0.4 is 14.2 Å². The number of nitrogens with zero attached hydrogens (tertiary/aromatic N) is 3. The minimum atomic E-state index is -0.279. The summed E-state index contributed by atoms with van der Waals surface area (Å²) in [4.78, 5) is 16.1. The van der Waals surface area contributed by atoms with E-state index in [-0.39, 0.29) is 11.9 Å². The molecule has 1 fully saturated rings.